The van der Waals surface area contributed by atoms with Gasteiger partial charge < -0.3 is 9.79 Å². The summed E-state index contributed by atoms with van der Waals surface area (Å²) in [5, 5.41) is 0. The van der Waals surface area contributed by atoms with Gasteiger partial charge in [0.15, 0.2) is 0 Å². The zero-order valence-corrected chi connectivity index (χ0v) is 21.0. The maximum atomic E-state index is 11.8. The third-order valence-electron chi connectivity index (χ3n) is 6.46. The van der Waals surface area contributed by atoms with Crippen molar-refractivity contribution in [1.29, 1.82) is 0 Å². The molecule has 31 heavy (non-hydrogen) atoms. The second kappa shape index (κ2) is 18.9. The molecule has 1 rings (SSSR count). The fourth-order valence-corrected chi connectivity index (χ4v) is 5.45. The van der Waals surface area contributed by atoms with Crippen LogP contribution < -0.4 is 0 Å². The van der Waals surface area contributed by atoms with Crippen LogP contribution in [-0.4, -0.2) is 15.4 Å². The molecule has 0 bridgehead atoms. The van der Waals surface area contributed by atoms with E-state index in [0.29, 0.717) is 12.8 Å². The smallest absolute Gasteiger partial charge is 0.324 e. The summed E-state index contributed by atoms with van der Waals surface area (Å²) >= 11 is 0. The normalized spacial score (nSPS) is 12.9. The summed E-state index contributed by atoms with van der Waals surface area (Å²) in [7, 11) is -3.94. The first kappa shape index (κ1) is 28.4. The number of unbranched alkanes of at least 4 members (excludes halogenated alkanes) is 14. The molecule has 3 nitrogen and oxygen atoms in total. The number of benzene rings is 1. The second-order valence-electron chi connectivity index (χ2n) is 9.36. The third kappa shape index (κ3) is 16.6. The van der Waals surface area contributed by atoms with Crippen LogP contribution in [0.2, 0.25) is 0 Å². The van der Waals surface area contributed by atoms with E-state index in [-0.39, 0.29) is 0 Å². The van der Waals surface area contributed by atoms with Crippen LogP contribution in [0.4, 0.5) is 0 Å². The SMILES string of the molecule is CCCCCCCCCC(CCCCCCCCCCCc1ccccc1)P(=O)(O)O. The van der Waals surface area contributed by atoms with Gasteiger partial charge in [-0.25, -0.2) is 0 Å². The van der Waals surface area contributed by atoms with E-state index in [9.17, 15) is 14.4 Å². The van der Waals surface area contributed by atoms with Crippen molar-refractivity contribution >= 4 is 7.60 Å². The quantitative estimate of drug-likeness (QED) is 0.145. The lowest BCUT2D eigenvalue weighted by Crippen LogP contribution is -2.08. The molecule has 1 atom stereocenters. The molecule has 0 aliphatic rings. The van der Waals surface area contributed by atoms with Crippen LogP contribution in [0.25, 0.3) is 0 Å². The van der Waals surface area contributed by atoms with Gasteiger partial charge in [-0.15, -0.1) is 0 Å². The molecule has 1 aromatic rings. The molecule has 2 N–H and O–H groups in total. The van der Waals surface area contributed by atoms with E-state index in [4.69, 9.17) is 0 Å². The molecule has 0 saturated heterocycles. The monoisotopic (exact) mass is 452 g/mol. The molecule has 180 valence electrons. The minimum Gasteiger partial charge on any atom is -0.324 e. The van der Waals surface area contributed by atoms with Gasteiger partial charge in [-0.3, -0.25) is 4.57 Å². The Morgan fingerprint density at radius 2 is 1.06 bits per heavy atom. The third-order valence-corrected chi connectivity index (χ3v) is 7.93. The van der Waals surface area contributed by atoms with E-state index in [1.54, 1.807) is 0 Å². The molecule has 1 aromatic carbocycles. The van der Waals surface area contributed by atoms with Crippen LogP contribution in [0.5, 0.6) is 0 Å². The van der Waals surface area contributed by atoms with Crippen LogP contribution in [-0.2, 0) is 11.0 Å². The molecule has 0 heterocycles. The van der Waals surface area contributed by atoms with Crippen LogP contribution >= 0.6 is 7.60 Å². The maximum absolute atomic E-state index is 11.8. The first-order valence-corrected chi connectivity index (χ1v) is 14.8. The van der Waals surface area contributed by atoms with Crippen molar-refractivity contribution in [2.75, 3.05) is 0 Å². The molecule has 0 aliphatic heterocycles. The van der Waals surface area contributed by atoms with Crippen molar-refractivity contribution in [1.82, 2.24) is 0 Å². The van der Waals surface area contributed by atoms with E-state index >= 15 is 0 Å². The predicted molar refractivity (Wildman–Crippen MR) is 135 cm³/mol. The summed E-state index contributed by atoms with van der Waals surface area (Å²) in [6.07, 6.45) is 22.1. The molecule has 0 fully saturated rings. The van der Waals surface area contributed by atoms with Crippen molar-refractivity contribution in [3.8, 4) is 0 Å². The molecule has 0 aromatic heterocycles. The van der Waals surface area contributed by atoms with Gasteiger partial charge in [-0.2, -0.15) is 0 Å². The van der Waals surface area contributed by atoms with E-state index in [1.165, 1.54) is 89.0 Å². The fourth-order valence-electron chi connectivity index (χ4n) is 4.41. The van der Waals surface area contributed by atoms with Gasteiger partial charge >= 0.3 is 7.60 Å². The zero-order chi connectivity index (χ0) is 22.6. The van der Waals surface area contributed by atoms with Gasteiger partial charge in [0.1, 0.15) is 0 Å². The summed E-state index contributed by atoms with van der Waals surface area (Å²) < 4.78 is 11.8. The van der Waals surface area contributed by atoms with Crippen LogP contribution in [0.3, 0.4) is 0 Å². The van der Waals surface area contributed by atoms with Crippen molar-refractivity contribution in [3.05, 3.63) is 35.9 Å². The largest absolute Gasteiger partial charge is 0.328 e. The lowest BCUT2D eigenvalue weighted by atomic mass is 10.0. The lowest BCUT2D eigenvalue weighted by molar-refractivity contribution is 0.345. The Morgan fingerprint density at radius 3 is 1.52 bits per heavy atom. The highest BCUT2D eigenvalue weighted by Gasteiger charge is 2.27. The van der Waals surface area contributed by atoms with Gasteiger partial charge in [0.2, 0.25) is 0 Å². The number of aryl methyl sites for hydroxylation is 1. The van der Waals surface area contributed by atoms with E-state index in [0.717, 1.165) is 25.7 Å². The molecular formula is C27H49O3P. The van der Waals surface area contributed by atoms with E-state index in [2.05, 4.69) is 37.3 Å². The molecule has 1 unspecified atom stereocenters. The average molecular weight is 453 g/mol. The van der Waals surface area contributed by atoms with E-state index in [1.807, 2.05) is 0 Å². The first-order chi connectivity index (χ1) is 15.0. The topological polar surface area (TPSA) is 57.5 Å². The Bertz CT molecular complexity index is 555. The molecule has 4 heteroatoms. The standard InChI is InChI=1S/C27H49O3P/c1-2-3-4-5-9-13-19-24-27(31(28,29)30)25-20-14-11-8-6-7-10-12-16-21-26-22-17-15-18-23-26/h15,17-18,22-23,27H,2-14,16,19-21,24-25H2,1H3,(H2,28,29,30). The summed E-state index contributed by atoms with van der Waals surface area (Å²) in [4.78, 5) is 19.4. The summed E-state index contributed by atoms with van der Waals surface area (Å²) in [5.41, 5.74) is 1.04. The van der Waals surface area contributed by atoms with Crippen LogP contribution in [0.15, 0.2) is 30.3 Å². The van der Waals surface area contributed by atoms with Gasteiger partial charge in [0.05, 0.1) is 5.66 Å². The highest BCUT2D eigenvalue weighted by molar-refractivity contribution is 7.52. The number of rotatable bonds is 21. The van der Waals surface area contributed by atoms with Crippen molar-refractivity contribution in [3.63, 3.8) is 0 Å². The Hall–Kier alpha value is -0.630. The highest BCUT2D eigenvalue weighted by Crippen LogP contribution is 2.46. The highest BCUT2D eigenvalue weighted by atomic mass is 31.2. The zero-order valence-electron chi connectivity index (χ0n) is 20.1. The maximum Gasteiger partial charge on any atom is 0.328 e. The Morgan fingerprint density at radius 1 is 0.645 bits per heavy atom. The second-order valence-corrected chi connectivity index (χ2v) is 11.3. The van der Waals surface area contributed by atoms with Crippen molar-refractivity contribution in [2.45, 2.75) is 135 Å². The molecule has 0 amide bonds. The minimum absolute atomic E-state index is 0.409. The van der Waals surface area contributed by atoms with Gasteiger partial charge in [0.25, 0.3) is 0 Å². The van der Waals surface area contributed by atoms with Crippen molar-refractivity contribution < 1.29 is 14.4 Å². The average Bonchev–Trinajstić information content (AvgIpc) is 2.75. The first-order valence-electron chi connectivity index (χ1n) is 13.1. The Labute approximate surface area is 192 Å². The van der Waals surface area contributed by atoms with Crippen LogP contribution in [0, 0.1) is 0 Å². The van der Waals surface area contributed by atoms with Crippen molar-refractivity contribution in [2.24, 2.45) is 0 Å². The minimum atomic E-state index is -3.94. The molecule has 0 saturated carbocycles. The molecule has 0 radical (unpaired) electrons. The number of hydrogen-bond donors (Lipinski definition) is 2. The lowest BCUT2D eigenvalue weighted by Gasteiger charge is -2.18. The Kier molecular flexibility index (Phi) is 17.3. The van der Waals surface area contributed by atoms with Gasteiger partial charge in [-0.05, 0) is 31.2 Å². The molecule has 0 spiro atoms. The summed E-state index contributed by atoms with van der Waals surface area (Å²) in [6, 6.07) is 10.7. The van der Waals surface area contributed by atoms with E-state index < -0.39 is 13.3 Å². The summed E-state index contributed by atoms with van der Waals surface area (Å²) in [5.74, 6) is 0. The van der Waals surface area contributed by atoms with Gasteiger partial charge in [-0.1, -0.05) is 134 Å². The number of hydrogen-bond acceptors (Lipinski definition) is 1. The molecule has 0 aliphatic carbocycles. The van der Waals surface area contributed by atoms with Crippen LogP contribution in [0.1, 0.15) is 128 Å². The Balaban J connectivity index is 1.96. The summed E-state index contributed by atoms with van der Waals surface area (Å²) in [6.45, 7) is 2.22. The predicted octanol–water partition coefficient (Wildman–Crippen LogP) is 8.82. The van der Waals surface area contributed by atoms with Gasteiger partial charge in [0, 0.05) is 0 Å². The fraction of sp³-hybridized carbons (Fsp3) is 0.778. The molecular weight excluding hydrogens is 403 g/mol.